The van der Waals surface area contributed by atoms with Crippen LogP contribution in [0.1, 0.15) is 32.6 Å². The first-order valence-corrected chi connectivity index (χ1v) is 11.1. The summed E-state index contributed by atoms with van der Waals surface area (Å²) in [6.45, 7) is 5.78. The third-order valence-corrected chi connectivity index (χ3v) is 6.52. The molecule has 1 N–H and O–H groups in total. The van der Waals surface area contributed by atoms with E-state index in [2.05, 4.69) is 14.9 Å². The fourth-order valence-electron chi connectivity index (χ4n) is 4.77. The van der Waals surface area contributed by atoms with Crippen LogP contribution in [0.2, 0.25) is 0 Å². The number of carbonyl (C=O) groups is 1. The lowest BCUT2D eigenvalue weighted by Gasteiger charge is -2.43. The van der Waals surface area contributed by atoms with E-state index in [-0.39, 0.29) is 11.5 Å². The van der Waals surface area contributed by atoms with E-state index in [9.17, 15) is 14.7 Å². The second kappa shape index (κ2) is 9.28. The number of amides is 1. The van der Waals surface area contributed by atoms with E-state index in [0.717, 1.165) is 50.9 Å². The molecule has 8 nitrogen and oxygen atoms in total. The molecule has 0 saturated carbocycles. The lowest BCUT2D eigenvalue weighted by Crippen LogP contribution is -2.56. The van der Waals surface area contributed by atoms with Gasteiger partial charge in [-0.1, -0.05) is 0 Å². The molecule has 8 heteroatoms. The quantitative estimate of drug-likeness (QED) is 0.779. The predicted molar refractivity (Wildman–Crippen MR) is 117 cm³/mol. The molecule has 0 bridgehead atoms. The Bertz CT molecular complexity index is 955. The number of aliphatic hydroxyl groups is 1. The number of likely N-dealkylation sites (tertiary alicyclic amines) is 2. The molecule has 2 aliphatic heterocycles. The Morgan fingerprint density at radius 2 is 2.10 bits per heavy atom. The van der Waals surface area contributed by atoms with Gasteiger partial charge >= 0.3 is 0 Å². The average Bonchev–Trinajstić information content (AvgIpc) is 2.77. The second-order valence-corrected chi connectivity index (χ2v) is 8.99. The van der Waals surface area contributed by atoms with Gasteiger partial charge in [0.1, 0.15) is 0 Å². The fraction of sp³-hybridized carbons (Fsp3) is 0.565. The zero-order valence-corrected chi connectivity index (χ0v) is 18.1. The number of β-amino-alcohol motifs (C(OH)–C–C–N with tert-alkyl or cyclic N) is 1. The number of carbonyl (C=O) groups excluding carboxylic acids is 1. The minimum atomic E-state index is -0.820. The lowest BCUT2D eigenvalue weighted by molar-refractivity contribution is -0.137. The Labute approximate surface area is 182 Å². The van der Waals surface area contributed by atoms with Crippen LogP contribution in [0.5, 0.6) is 0 Å². The van der Waals surface area contributed by atoms with Crippen molar-refractivity contribution in [3.63, 3.8) is 0 Å². The summed E-state index contributed by atoms with van der Waals surface area (Å²) in [5, 5.41) is 11.0. The van der Waals surface area contributed by atoms with Crippen molar-refractivity contribution in [3.05, 3.63) is 47.3 Å². The molecule has 4 heterocycles. The van der Waals surface area contributed by atoms with Gasteiger partial charge in [-0.2, -0.15) is 0 Å². The highest BCUT2D eigenvalue weighted by molar-refractivity contribution is 5.73. The number of hydrogen-bond donors (Lipinski definition) is 1. The molecule has 1 unspecified atom stereocenters. The van der Waals surface area contributed by atoms with Gasteiger partial charge in [0.25, 0.3) is 5.56 Å². The zero-order valence-electron chi connectivity index (χ0n) is 18.1. The number of nitrogens with zero attached hydrogens (tertiary/aromatic N) is 5. The van der Waals surface area contributed by atoms with Gasteiger partial charge in [0.05, 0.1) is 24.2 Å². The molecule has 0 aliphatic carbocycles. The van der Waals surface area contributed by atoms with E-state index >= 15 is 0 Å². The third-order valence-electron chi connectivity index (χ3n) is 6.52. The van der Waals surface area contributed by atoms with Crippen LogP contribution in [-0.4, -0.2) is 73.7 Å². The second-order valence-electron chi connectivity index (χ2n) is 8.99. The topological polar surface area (TPSA) is 91.6 Å². The van der Waals surface area contributed by atoms with Crippen LogP contribution in [0.4, 0.5) is 0 Å². The number of pyridine rings is 1. The largest absolute Gasteiger partial charge is 0.387 e. The molecule has 2 fully saturated rings. The summed E-state index contributed by atoms with van der Waals surface area (Å²) in [5.74, 6) is 0.445. The summed E-state index contributed by atoms with van der Waals surface area (Å²) in [4.78, 5) is 36.8. The van der Waals surface area contributed by atoms with E-state index in [1.165, 1.54) is 0 Å². The number of hydrogen-bond acceptors (Lipinski definition) is 6. The van der Waals surface area contributed by atoms with Crippen molar-refractivity contribution in [2.75, 3.05) is 32.7 Å². The highest BCUT2D eigenvalue weighted by Crippen LogP contribution is 2.26. The van der Waals surface area contributed by atoms with Crippen LogP contribution in [-0.2, 0) is 11.3 Å². The molecule has 166 valence electrons. The number of rotatable bonds is 5. The summed E-state index contributed by atoms with van der Waals surface area (Å²) >= 11 is 0. The normalized spacial score (nSPS) is 23.1. The molecular formula is C23H31N5O3. The summed E-state index contributed by atoms with van der Waals surface area (Å²) in [5.41, 5.74) is 0.616. The summed E-state index contributed by atoms with van der Waals surface area (Å²) < 4.78 is 1.69. The first-order chi connectivity index (χ1) is 14.9. The monoisotopic (exact) mass is 425 g/mol. The molecule has 2 saturated heterocycles. The number of aromatic nitrogens is 3. The van der Waals surface area contributed by atoms with Crippen LogP contribution in [0.25, 0.3) is 11.3 Å². The predicted octanol–water partition coefficient (Wildman–Crippen LogP) is 1.39. The summed E-state index contributed by atoms with van der Waals surface area (Å²) in [6, 6.07) is 5.30. The van der Waals surface area contributed by atoms with Gasteiger partial charge in [-0.3, -0.25) is 19.1 Å². The van der Waals surface area contributed by atoms with E-state index < -0.39 is 5.60 Å². The summed E-state index contributed by atoms with van der Waals surface area (Å²) in [6.07, 6.45) is 8.57. The molecular weight excluding hydrogens is 394 g/mol. The van der Waals surface area contributed by atoms with E-state index in [4.69, 9.17) is 0 Å². The average molecular weight is 426 g/mol. The maximum absolute atomic E-state index is 12.6. The van der Waals surface area contributed by atoms with Gasteiger partial charge in [0.15, 0.2) is 0 Å². The SMILES string of the molecule is CC(=O)N1CCCC(O)(CN2CCC(Cn3cnc(-c4cccnc4)cc3=O)CC2)C1. The van der Waals surface area contributed by atoms with Gasteiger partial charge in [-0.25, -0.2) is 4.98 Å². The van der Waals surface area contributed by atoms with Gasteiger partial charge in [0, 0.05) is 50.6 Å². The van der Waals surface area contributed by atoms with E-state index in [0.29, 0.717) is 31.2 Å². The van der Waals surface area contributed by atoms with E-state index in [1.807, 2.05) is 12.1 Å². The van der Waals surface area contributed by atoms with Crippen LogP contribution in [0.15, 0.2) is 41.7 Å². The Morgan fingerprint density at radius 3 is 2.77 bits per heavy atom. The van der Waals surface area contributed by atoms with Crippen molar-refractivity contribution in [2.24, 2.45) is 5.92 Å². The van der Waals surface area contributed by atoms with Crippen molar-refractivity contribution in [3.8, 4) is 11.3 Å². The molecule has 2 aromatic rings. The van der Waals surface area contributed by atoms with Crippen molar-refractivity contribution in [1.29, 1.82) is 0 Å². The molecule has 2 aromatic heterocycles. The van der Waals surface area contributed by atoms with Crippen LogP contribution in [0.3, 0.4) is 0 Å². The van der Waals surface area contributed by atoms with Crippen molar-refractivity contribution in [1.82, 2.24) is 24.3 Å². The Morgan fingerprint density at radius 1 is 1.29 bits per heavy atom. The van der Waals surface area contributed by atoms with Gasteiger partial charge in [-0.15, -0.1) is 0 Å². The molecule has 4 rings (SSSR count). The molecule has 2 aliphatic rings. The minimum Gasteiger partial charge on any atom is -0.387 e. The standard InChI is InChI=1S/C23H31N5O3/c1-18(29)27-9-3-7-23(31,16-27)15-26-10-5-19(6-11-26)14-28-17-25-21(12-22(28)30)20-4-2-8-24-13-20/h2,4,8,12-13,17,19,31H,3,5-7,9-11,14-16H2,1H3. The van der Waals surface area contributed by atoms with Gasteiger partial charge < -0.3 is 14.9 Å². The smallest absolute Gasteiger partial charge is 0.253 e. The molecule has 0 spiro atoms. The van der Waals surface area contributed by atoms with Crippen LogP contribution < -0.4 is 5.56 Å². The van der Waals surface area contributed by atoms with E-state index in [1.54, 1.807) is 41.2 Å². The Hall–Kier alpha value is -2.58. The zero-order chi connectivity index (χ0) is 21.8. The maximum atomic E-state index is 12.6. The first kappa shape index (κ1) is 21.6. The molecule has 31 heavy (non-hydrogen) atoms. The molecule has 0 radical (unpaired) electrons. The lowest BCUT2D eigenvalue weighted by atomic mass is 9.90. The highest BCUT2D eigenvalue weighted by Gasteiger charge is 2.36. The minimum absolute atomic E-state index is 0.0328. The number of piperidine rings is 2. The summed E-state index contributed by atoms with van der Waals surface area (Å²) in [7, 11) is 0. The Kier molecular flexibility index (Phi) is 6.48. The van der Waals surface area contributed by atoms with Crippen molar-refractivity contribution < 1.29 is 9.90 Å². The molecule has 1 atom stereocenters. The third kappa shape index (κ3) is 5.37. The van der Waals surface area contributed by atoms with Crippen LogP contribution in [0, 0.1) is 5.92 Å². The first-order valence-electron chi connectivity index (χ1n) is 11.1. The van der Waals surface area contributed by atoms with Crippen molar-refractivity contribution in [2.45, 2.75) is 44.8 Å². The Balaban J connectivity index is 1.30. The highest BCUT2D eigenvalue weighted by atomic mass is 16.3. The fourth-order valence-corrected chi connectivity index (χ4v) is 4.77. The molecule has 0 aromatic carbocycles. The van der Waals surface area contributed by atoms with Crippen molar-refractivity contribution >= 4 is 5.91 Å². The van der Waals surface area contributed by atoms with Gasteiger partial charge in [0.2, 0.25) is 5.91 Å². The maximum Gasteiger partial charge on any atom is 0.253 e. The van der Waals surface area contributed by atoms with Crippen LogP contribution >= 0.6 is 0 Å². The van der Waals surface area contributed by atoms with Gasteiger partial charge in [-0.05, 0) is 56.8 Å². The molecule has 1 amide bonds.